The topological polar surface area (TPSA) is 84.7 Å². The van der Waals surface area contributed by atoms with Crippen LogP contribution in [0.3, 0.4) is 0 Å². The second-order valence-corrected chi connectivity index (χ2v) is 6.91. The predicted octanol–water partition coefficient (Wildman–Crippen LogP) is 3.31. The number of nitrogens with one attached hydrogen (secondary N) is 1. The van der Waals surface area contributed by atoms with Crippen molar-refractivity contribution in [2.45, 2.75) is 19.8 Å². The summed E-state index contributed by atoms with van der Waals surface area (Å²) < 4.78 is 5.70. The van der Waals surface area contributed by atoms with Crippen LogP contribution in [-0.2, 0) is 4.79 Å². The molecule has 1 N–H and O–H groups in total. The van der Waals surface area contributed by atoms with E-state index in [1.165, 1.54) is 6.07 Å². The first-order chi connectivity index (χ1) is 13.6. The molecule has 1 saturated heterocycles. The van der Waals surface area contributed by atoms with Crippen LogP contribution in [0, 0.1) is 23.0 Å². The molecule has 0 atom stereocenters. The van der Waals surface area contributed by atoms with E-state index in [4.69, 9.17) is 4.74 Å². The van der Waals surface area contributed by atoms with Gasteiger partial charge in [0.25, 0.3) is 5.69 Å². The van der Waals surface area contributed by atoms with E-state index in [1.54, 1.807) is 18.2 Å². The summed E-state index contributed by atoms with van der Waals surface area (Å²) in [6.07, 6.45) is 1.35. The minimum atomic E-state index is -0.359. The van der Waals surface area contributed by atoms with Crippen LogP contribution in [0.2, 0.25) is 0 Å². The molecule has 0 unspecified atom stereocenters. The lowest BCUT2D eigenvalue weighted by Gasteiger charge is -2.32. The van der Waals surface area contributed by atoms with Gasteiger partial charge in [-0.15, -0.1) is 0 Å². The summed E-state index contributed by atoms with van der Waals surface area (Å²) >= 11 is 0. The fourth-order valence-corrected chi connectivity index (χ4v) is 3.47. The molecule has 28 heavy (non-hydrogen) atoms. The van der Waals surface area contributed by atoms with Gasteiger partial charge >= 0.3 is 0 Å². The van der Waals surface area contributed by atoms with Gasteiger partial charge in [0, 0.05) is 25.1 Å². The van der Waals surface area contributed by atoms with Gasteiger partial charge < -0.3 is 15.0 Å². The molecule has 1 heterocycles. The summed E-state index contributed by atoms with van der Waals surface area (Å²) in [5.41, 5.74) is 1.80. The van der Waals surface area contributed by atoms with Crippen LogP contribution in [-0.4, -0.2) is 37.1 Å². The minimum Gasteiger partial charge on any atom is -0.491 e. The van der Waals surface area contributed by atoms with E-state index in [1.807, 2.05) is 36.1 Å². The first kappa shape index (κ1) is 19.7. The van der Waals surface area contributed by atoms with Crippen LogP contribution in [0.15, 0.2) is 48.5 Å². The van der Waals surface area contributed by atoms with Crippen molar-refractivity contribution >= 4 is 17.3 Å². The Morgan fingerprint density at radius 2 is 1.86 bits per heavy atom. The Labute approximate surface area is 164 Å². The van der Waals surface area contributed by atoms with Crippen LogP contribution in [0.5, 0.6) is 5.75 Å². The van der Waals surface area contributed by atoms with E-state index in [0.29, 0.717) is 44.8 Å². The third kappa shape index (κ3) is 4.79. The number of anilines is 1. The van der Waals surface area contributed by atoms with Gasteiger partial charge in [0.15, 0.2) is 0 Å². The van der Waals surface area contributed by atoms with Gasteiger partial charge in [-0.2, -0.15) is 0 Å². The number of para-hydroxylation sites is 3. The van der Waals surface area contributed by atoms with Crippen LogP contribution in [0.1, 0.15) is 18.4 Å². The molecule has 2 aromatic rings. The third-order valence-electron chi connectivity index (χ3n) is 5.04. The van der Waals surface area contributed by atoms with E-state index in [0.717, 1.165) is 11.3 Å². The average molecular weight is 383 g/mol. The standard InChI is InChI=1S/C21H25N3O4/c1-16-6-2-5-9-20(16)28-15-12-22-21(25)17-10-13-23(14-11-17)18-7-3-4-8-19(18)24(26)27/h2-9,17H,10-15H2,1H3,(H,22,25). The lowest BCUT2D eigenvalue weighted by molar-refractivity contribution is -0.384. The predicted molar refractivity (Wildman–Crippen MR) is 108 cm³/mol. The third-order valence-corrected chi connectivity index (χ3v) is 5.04. The highest BCUT2D eigenvalue weighted by Crippen LogP contribution is 2.31. The number of carbonyl (C=O) groups excluding carboxylic acids is 1. The number of aryl methyl sites for hydroxylation is 1. The maximum Gasteiger partial charge on any atom is 0.292 e. The SMILES string of the molecule is Cc1ccccc1OCCNC(=O)C1CCN(c2ccccc2[N+](=O)[O-])CC1. The molecule has 1 aliphatic heterocycles. The largest absolute Gasteiger partial charge is 0.491 e. The van der Waals surface area contributed by atoms with E-state index in [2.05, 4.69) is 5.32 Å². The molecule has 1 fully saturated rings. The number of benzene rings is 2. The lowest BCUT2D eigenvalue weighted by atomic mass is 9.95. The molecular formula is C21H25N3O4. The minimum absolute atomic E-state index is 0.0237. The molecule has 0 spiro atoms. The number of nitro benzene ring substituents is 1. The molecule has 1 amide bonds. The highest BCUT2D eigenvalue weighted by atomic mass is 16.6. The average Bonchev–Trinajstić information content (AvgIpc) is 2.72. The van der Waals surface area contributed by atoms with Crippen molar-refractivity contribution in [3.63, 3.8) is 0 Å². The van der Waals surface area contributed by atoms with Crippen LogP contribution in [0.4, 0.5) is 11.4 Å². The highest BCUT2D eigenvalue weighted by molar-refractivity contribution is 5.79. The molecule has 1 aliphatic rings. The summed E-state index contributed by atoms with van der Waals surface area (Å²) in [7, 11) is 0. The van der Waals surface area contributed by atoms with Crippen molar-refractivity contribution in [1.29, 1.82) is 0 Å². The summed E-state index contributed by atoms with van der Waals surface area (Å²) in [4.78, 5) is 25.2. The van der Waals surface area contributed by atoms with Gasteiger partial charge in [-0.05, 0) is 37.5 Å². The van der Waals surface area contributed by atoms with Gasteiger partial charge in [-0.25, -0.2) is 0 Å². The molecule has 0 saturated carbocycles. The maximum atomic E-state index is 12.4. The van der Waals surface area contributed by atoms with E-state index in [-0.39, 0.29) is 22.4 Å². The number of carbonyl (C=O) groups is 1. The zero-order chi connectivity index (χ0) is 19.9. The first-order valence-electron chi connectivity index (χ1n) is 9.51. The lowest BCUT2D eigenvalue weighted by Crippen LogP contribution is -2.41. The van der Waals surface area contributed by atoms with Crippen molar-refractivity contribution < 1.29 is 14.5 Å². The second-order valence-electron chi connectivity index (χ2n) is 6.91. The molecule has 7 heteroatoms. The highest BCUT2D eigenvalue weighted by Gasteiger charge is 2.27. The normalized spacial score (nSPS) is 14.5. The van der Waals surface area contributed by atoms with E-state index >= 15 is 0 Å². The van der Waals surface area contributed by atoms with Gasteiger partial charge in [0.1, 0.15) is 18.0 Å². The Bertz CT molecular complexity index is 832. The molecule has 0 radical (unpaired) electrons. The molecule has 7 nitrogen and oxygen atoms in total. The summed E-state index contributed by atoms with van der Waals surface area (Å²) in [5.74, 6) is 0.780. The number of ether oxygens (including phenoxy) is 1. The van der Waals surface area contributed by atoms with E-state index < -0.39 is 0 Å². The number of nitrogens with zero attached hydrogens (tertiary/aromatic N) is 2. The van der Waals surface area contributed by atoms with Crippen LogP contribution < -0.4 is 15.0 Å². The molecule has 148 valence electrons. The van der Waals surface area contributed by atoms with Crippen molar-refractivity contribution in [2.75, 3.05) is 31.1 Å². The van der Waals surface area contributed by atoms with Gasteiger partial charge in [-0.3, -0.25) is 14.9 Å². The van der Waals surface area contributed by atoms with Crippen LogP contribution in [0.25, 0.3) is 0 Å². The Morgan fingerprint density at radius 1 is 1.18 bits per heavy atom. The zero-order valence-corrected chi connectivity index (χ0v) is 16.0. The smallest absolute Gasteiger partial charge is 0.292 e. The van der Waals surface area contributed by atoms with Gasteiger partial charge in [0.05, 0.1) is 11.5 Å². The van der Waals surface area contributed by atoms with Gasteiger partial charge in [-0.1, -0.05) is 30.3 Å². The zero-order valence-electron chi connectivity index (χ0n) is 16.0. The Morgan fingerprint density at radius 3 is 2.57 bits per heavy atom. The molecule has 0 aromatic heterocycles. The first-order valence-corrected chi connectivity index (χ1v) is 9.51. The molecular weight excluding hydrogens is 358 g/mol. The second kappa shape index (κ2) is 9.21. The number of amides is 1. The molecule has 2 aromatic carbocycles. The quantitative estimate of drug-likeness (QED) is 0.450. The molecule has 0 bridgehead atoms. The fourth-order valence-electron chi connectivity index (χ4n) is 3.47. The summed E-state index contributed by atoms with van der Waals surface area (Å²) in [6.45, 7) is 4.12. The summed E-state index contributed by atoms with van der Waals surface area (Å²) in [5, 5.41) is 14.1. The van der Waals surface area contributed by atoms with Crippen molar-refractivity contribution in [1.82, 2.24) is 5.32 Å². The molecule has 0 aliphatic carbocycles. The summed E-state index contributed by atoms with van der Waals surface area (Å²) in [6, 6.07) is 14.5. The van der Waals surface area contributed by atoms with Crippen molar-refractivity contribution in [2.24, 2.45) is 5.92 Å². The Kier molecular flexibility index (Phi) is 6.47. The maximum absolute atomic E-state index is 12.4. The van der Waals surface area contributed by atoms with Crippen LogP contribution >= 0.6 is 0 Å². The van der Waals surface area contributed by atoms with Crippen molar-refractivity contribution in [3.05, 3.63) is 64.2 Å². The Hall–Kier alpha value is -3.09. The monoisotopic (exact) mass is 383 g/mol. The number of rotatable bonds is 7. The number of piperidine rings is 1. The molecule has 3 rings (SSSR count). The van der Waals surface area contributed by atoms with E-state index in [9.17, 15) is 14.9 Å². The van der Waals surface area contributed by atoms with Gasteiger partial charge in [0.2, 0.25) is 5.91 Å². The number of nitro groups is 1. The fraction of sp³-hybridized carbons (Fsp3) is 0.381. The number of hydrogen-bond acceptors (Lipinski definition) is 5. The number of hydrogen-bond donors (Lipinski definition) is 1. The van der Waals surface area contributed by atoms with Crippen molar-refractivity contribution in [3.8, 4) is 5.75 Å². The Balaban J connectivity index is 1.44.